The van der Waals surface area contributed by atoms with E-state index < -0.39 is 0 Å². The van der Waals surface area contributed by atoms with Gasteiger partial charge in [-0.15, -0.1) is 35.3 Å². The molecule has 0 aliphatic carbocycles. The molecule has 1 saturated heterocycles. The van der Waals surface area contributed by atoms with Crippen LogP contribution in [-0.4, -0.2) is 60.5 Å². The lowest BCUT2D eigenvalue weighted by Gasteiger charge is -2.35. The summed E-state index contributed by atoms with van der Waals surface area (Å²) in [6.45, 7) is 8.44. The number of rotatable bonds is 6. The van der Waals surface area contributed by atoms with Crippen molar-refractivity contribution in [1.29, 1.82) is 0 Å². The Balaban J connectivity index is 0.00000261. The highest BCUT2D eigenvalue weighted by Crippen LogP contribution is 2.18. The lowest BCUT2D eigenvalue weighted by molar-refractivity contribution is 0.345. The van der Waals surface area contributed by atoms with Crippen molar-refractivity contribution in [3.63, 3.8) is 0 Å². The molecule has 3 rings (SSSR count). The van der Waals surface area contributed by atoms with Gasteiger partial charge in [0.2, 0.25) is 0 Å². The number of hydrogen-bond donors (Lipinski definition) is 1. The standard InChI is InChI=1S/C19H28N6S.HI/c1-3-23(2)15-17-6-4-5-16(13-17)14-22-18(20)24-8-10-25(11-9-24)19-21-7-12-26-19;/h4-7,12-13H,3,8-11,14-15H2,1-2H3,(H2,20,22);1H. The number of nitrogens with zero attached hydrogens (tertiary/aromatic N) is 5. The van der Waals surface area contributed by atoms with E-state index in [0.717, 1.165) is 44.4 Å². The van der Waals surface area contributed by atoms with E-state index in [-0.39, 0.29) is 24.0 Å². The van der Waals surface area contributed by atoms with Crippen molar-refractivity contribution >= 4 is 46.4 Å². The third-order valence-corrected chi connectivity index (χ3v) is 5.53. The Kier molecular flexibility index (Phi) is 8.78. The van der Waals surface area contributed by atoms with E-state index in [1.54, 1.807) is 11.3 Å². The third kappa shape index (κ3) is 6.32. The molecule has 1 aromatic carbocycles. The van der Waals surface area contributed by atoms with Crippen LogP contribution in [-0.2, 0) is 13.1 Å². The van der Waals surface area contributed by atoms with Gasteiger partial charge in [-0.05, 0) is 24.7 Å². The van der Waals surface area contributed by atoms with Crippen LogP contribution in [0.2, 0.25) is 0 Å². The Morgan fingerprint density at radius 2 is 2.00 bits per heavy atom. The molecule has 2 heterocycles. The van der Waals surface area contributed by atoms with E-state index in [4.69, 9.17) is 5.73 Å². The van der Waals surface area contributed by atoms with Gasteiger partial charge >= 0.3 is 0 Å². The number of aliphatic imine (C=N–C) groups is 1. The van der Waals surface area contributed by atoms with E-state index in [0.29, 0.717) is 12.5 Å². The predicted molar refractivity (Wildman–Crippen MR) is 125 cm³/mol. The Morgan fingerprint density at radius 1 is 1.26 bits per heavy atom. The topological polar surface area (TPSA) is 61.0 Å². The van der Waals surface area contributed by atoms with Gasteiger partial charge in [0.05, 0.1) is 6.54 Å². The molecule has 27 heavy (non-hydrogen) atoms. The summed E-state index contributed by atoms with van der Waals surface area (Å²) in [6, 6.07) is 8.61. The number of piperazine rings is 1. The second-order valence-electron chi connectivity index (χ2n) is 6.61. The number of guanidine groups is 1. The van der Waals surface area contributed by atoms with Crippen molar-refractivity contribution in [3.8, 4) is 0 Å². The Bertz CT molecular complexity index is 713. The maximum Gasteiger partial charge on any atom is 0.191 e. The van der Waals surface area contributed by atoms with Crippen molar-refractivity contribution in [3.05, 3.63) is 47.0 Å². The van der Waals surface area contributed by atoms with Crippen LogP contribution in [0.25, 0.3) is 0 Å². The molecule has 1 aliphatic rings. The van der Waals surface area contributed by atoms with Gasteiger partial charge in [-0.3, -0.25) is 0 Å². The summed E-state index contributed by atoms with van der Waals surface area (Å²) in [5.74, 6) is 0.639. The summed E-state index contributed by atoms with van der Waals surface area (Å²) in [5, 5.41) is 3.11. The van der Waals surface area contributed by atoms with E-state index in [1.165, 1.54) is 11.1 Å². The second-order valence-corrected chi connectivity index (χ2v) is 7.49. The van der Waals surface area contributed by atoms with Crippen molar-refractivity contribution < 1.29 is 0 Å². The first kappa shape index (κ1) is 21.9. The Labute approximate surface area is 183 Å². The SMILES string of the molecule is CCN(C)Cc1cccc(CN=C(N)N2CCN(c3nccs3)CC2)c1.I. The zero-order valence-corrected chi connectivity index (χ0v) is 19.2. The summed E-state index contributed by atoms with van der Waals surface area (Å²) < 4.78 is 0. The van der Waals surface area contributed by atoms with E-state index in [1.807, 2.05) is 11.6 Å². The highest BCUT2D eigenvalue weighted by molar-refractivity contribution is 14.0. The Hall–Kier alpha value is -1.39. The summed E-state index contributed by atoms with van der Waals surface area (Å²) in [7, 11) is 2.13. The van der Waals surface area contributed by atoms with Gasteiger partial charge in [0.1, 0.15) is 0 Å². The zero-order chi connectivity index (χ0) is 18.4. The second kappa shape index (κ2) is 10.8. The molecule has 0 spiro atoms. The van der Waals surface area contributed by atoms with E-state index in [2.05, 4.69) is 62.9 Å². The van der Waals surface area contributed by atoms with Gasteiger partial charge in [0, 0.05) is 44.3 Å². The number of benzene rings is 1. The lowest BCUT2D eigenvalue weighted by atomic mass is 10.1. The number of halogens is 1. The average Bonchev–Trinajstić information content (AvgIpc) is 3.21. The lowest BCUT2D eigenvalue weighted by Crippen LogP contribution is -2.51. The highest BCUT2D eigenvalue weighted by Gasteiger charge is 2.19. The number of anilines is 1. The molecule has 8 heteroatoms. The first-order valence-electron chi connectivity index (χ1n) is 9.11. The monoisotopic (exact) mass is 500 g/mol. The molecular weight excluding hydrogens is 471 g/mol. The minimum Gasteiger partial charge on any atom is -0.370 e. The van der Waals surface area contributed by atoms with Crippen LogP contribution in [0, 0.1) is 0 Å². The van der Waals surface area contributed by atoms with Gasteiger partial charge in [-0.25, -0.2) is 9.98 Å². The van der Waals surface area contributed by atoms with Crippen LogP contribution >= 0.6 is 35.3 Å². The summed E-state index contributed by atoms with van der Waals surface area (Å²) in [4.78, 5) is 15.8. The minimum atomic E-state index is 0. The van der Waals surface area contributed by atoms with Crippen LogP contribution in [0.15, 0.2) is 40.8 Å². The molecular formula is C19H29IN6S. The van der Waals surface area contributed by atoms with Crippen molar-refractivity contribution in [2.24, 2.45) is 10.7 Å². The van der Waals surface area contributed by atoms with Crippen molar-refractivity contribution in [2.45, 2.75) is 20.0 Å². The summed E-state index contributed by atoms with van der Waals surface area (Å²) >= 11 is 1.68. The molecule has 1 fully saturated rings. The van der Waals surface area contributed by atoms with Crippen molar-refractivity contribution in [1.82, 2.24) is 14.8 Å². The maximum absolute atomic E-state index is 6.24. The quantitative estimate of drug-likeness (QED) is 0.376. The van der Waals surface area contributed by atoms with Gasteiger partial charge in [0.25, 0.3) is 0 Å². The van der Waals surface area contributed by atoms with Gasteiger partial charge in [-0.2, -0.15) is 0 Å². The molecule has 0 unspecified atom stereocenters. The number of aromatic nitrogens is 1. The molecule has 148 valence electrons. The molecule has 2 aromatic rings. The minimum absolute atomic E-state index is 0. The first-order chi connectivity index (χ1) is 12.7. The molecule has 1 aliphatic heterocycles. The molecule has 1 aromatic heterocycles. The van der Waals surface area contributed by atoms with Crippen LogP contribution in [0.5, 0.6) is 0 Å². The average molecular weight is 500 g/mol. The summed E-state index contributed by atoms with van der Waals surface area (Å²) in [5.41, 5.74) is 8.76. The van der Waals surface area contributed by atoms with E-state index in [9.17, 15) is 0 Å². The molecule has 0 bridgehead atoms. The largest absolute Gasteiger partial charge is 0.370 e. The fourth-order valence-corrected chi connectivity index (χ4v) is 3.72. The predicted octanol–water partition coefficient (Wildman–Crippen LogP) is 2.85. The molecule has 0 saturated carbocycles. The fraction of sp³-hybridized carbons (Fsp3) is 0.474. The van der Waals surface area contributed by atoms with Crippen LogP contribution < -0.4 is 10.6 Å². The Morgan fingerprint density at radius 3 is 2.67 bits per heavy atom. The smallest absolute Gasteiger partial charge is 0.191 e. The number of thiazole rings is 1. The van der Waals surface area contributed by atoms with Crippen LogP contribution in [0.4, 0.5) is 5.13 Å². The molecule has 2 N–H and O–H groups in total. The number of nitrogens with two attached hydrogens (primary N) is 1. The van der Waals surface area contributed by atoms with Crippen LogP contribution in [0.3, 0.4) is 0 Å². The molecule has 0 radical (unpaired) electrons. The normalized spacial score (nSPS) is 15.1. The molecule has 6 nitrogen and oxygen atoms in total. The van der Waals surface area contributed by atoms with Gasteiger partial charge in [0.15, 0.2) is 11.1 Å². The van der Waals surface area contributed by atoms with Crippen molar-refractivity contribution in [2.75, 3.05) is 44.7 Å². The van der Waals surface area contributed by atoms with Crippen LogP contribution in [0.1, 0.15) is 18.1 Å². The third-order valence-electron chi connectivity index (χ3n) is 4.70. The molecule has 0 atom stereocenters. The summed E-state index contributed by atoms with van der Waals surface area (Å²) in [6.07, 6.45) is 1.86. The van der Waals surface area contributed by atoms with E-state index >= 15 is 0 Å². The van der Waals surface area contributed by atoms with Gasteiger partial charge < -0.3 is 20.4 Å². The fourth-order valence-electron chi connectivity index (χ4n) is 3.02. The zero-order valence-electron chi connectivity index (χ0n) is 16.0. The number of hydrogen-bond acceptors (Lipinski definition) is 5. The first-order valence-corrected chi connectivity index (χ1v) is 9.99. The van der Waals surface area contributed by atoms with Gasteiger partial charge in [-0.1, -0.05) is 31.2 Å². The maximum atomic E-state index is 6.24. The highest BCUT2D eigenvalue weighted by atomic mass is 127. The molecule has 0 amide bonds.